The Hall–Kier alpha value is -2.34. The monoisotopic (exact) mass is 388 g/mol. The fraction of sp³-hybridized carbons (Fsp3) is 0.545. The van der Waals surface area contributed by atoms with E-state index in [0.29, 0.717) is 13.1 Å². The van der Waals surface area contributed by atoms with Crippen LogP contribution in [0.15, 0.2) is 30.3 Å². The first kappa shape index (κ1) is 22.0. The van der Waals surface area contributed by atoms with Gasteiger partial charge in [0.1, 0.15) is 5.60 Å². The first-order valence-corrected chi connectivity index (χ1v) is 9.67. The Bertz CT molecular complexity index is 694. The molecular formula is C22H32N2O4. The van der Waals surface area contributed by atoms with Crippen molar-refractivity contribution in [1.82, 2.24) is 9.80 Å². The summed E-state index contributed by atoms with van der Waals surface area (Å²) in [7, 11) is 1.36. The molecule has 1 heterocycles. The number of hydrogen-bond donors (Lipinski definition) is 0. The van der Waals surface area contributed by atoms with Gasteiger partial charge in [-0.2, -0.15) is 0 Å². The van der Waals surface area contributed by atoms with Crippen LogP contribution in [0.2, 0.25) is 0 Å². The Morgan fingerprint density at radius 1 is 1.11 bits per heavy atom. The third-order valence-corrected chi connectivity index (χ3v) is 4.71. The summed E-state index contributed by atoms with van der Waals surface area (Å²) in [5.74, 6) is -0.366. The number of methoxy groups -OCH3 is 1. The molecule has 0 aliphatic carbocycles. The van der Waals surface area contributed by atoms with Crippen LogP contribution in [-0.4, -0.2) is 59.7 Å². The number of rotatable bonds is 4. The number of amides is 1. The Balaban J connectivity index is 1.97. The van der Waals surface area contributed by atoms with Crippen LogP contribution < -0.4 is 0 Å². The molecule has 6 heteroatoms. The van der Waals surface area contributed by atoms with Gasteiger partial charge in [-0.1, -0.05) is 24.3 Å². The zero-order chi connectivity index (χ0) is 20.9. The highest BCUT2D eigenvalue weighted by molar-refractivity contribution is 5.86. The van der Waals surface area contributed by atoms with E-state index >= 15 is 0 Å². The zero-order valence-corrected chi connectivity index (χ0v) is 17.8. The predicted molar refractivity (Wildman–Crippen MR) is 110 cm³/mol. The molecule has 0 spiro atoms. The summed E-state index contributed by atoms with van der Waals surface area (Å²) in [4.78, 5) is 27.8. The number of benzene rings is 1. The molecule has 154 valence electrons. The van der Waals surface area contributed by atoms with Gasteiger partial charge in [-0.05, 0) is 51.8 Å². The van der Waals surface area contributed by atoms with E-state index in [4.69, 9.17) is 4.74 Å². The van der Waals surface area contributed by atoms with Gasteiger partial charge in [-0.15, -0.1) is 0 Å². The van der Waals surface area contributed by atoms with Crippen LogP contribution in [-0.2, 0) is 20.8 Å². The van der Waals surface area contributed by atoms with Gasteiger partial charge < -0.3 is 14.4 Å². The van der Waals surface area contributed by atoms with Gasteiger partial charge in [0.05, 0.1) is 7.11 Å². The summed E-state index contributed by atoms with van der Waals surface area (Å²) in [5.41, 5.74) is 1.66. The summed E-state index contributed by atoms with van der Waals surface area (Å²) >= 11 is 0. The van der Waals surface area contributed by atoms with Crippen molar-refractivity contribution in [3.05, 3.63) is 41.5 Å². The van der Waals surface area contributed by atoms with Crippen LogP contribution in [0.4, 0.5) is 4.79 Å². The molecule has 1 aromatic carbocycles. The lowest BCUT2D eigenvalue weighted by atomic mass is 10.1. The SMILES string of the molecule is COC(=O)C=Cc1ccc(CN2[C@H](C)CN(C(=O)OC(C)(C)C)C[C@@H]2C)cc1. The van der Waals surface area contributed by atoms with Crippen molar-refractivity contribution >= 4 is 18.1 Å². The fourth-order valence-corrected chi connectivity index (χ4v) is 3.32. The molecule has 1 aromatic rings. The third kappa shape index (κ3) is 6.37. The number of hydrogen-bond acceptors (Lipinski definition) is 5. The molecule has 2 atom stereocenters. The molecule has 0 N–H and O–H groups in total. The van der Waals surface area contributed by atoms with Crippen molar-refractivity contribution in [1.29, 1.82) is 0 Å². The Morgan fingerprint density at radius 3 is 2.18 bits per heavy atom. The molecule has 6 nitrogen and oxygen atoms in total. The van der Waals surface area contributed by atoms with E-state index < -0.39 is 5.60 Å². The molecule has 1 saturated heterocycles. The lowest BCUT2D eigenvalue weighted by Crippen LogP contribution is -2.58. The minimum atomic E-state index is -0.481. The van der Waals surface area contributed by atoms with Gasteiger partial charge >= 0.3 is 12.1 Å². The average Bonchev–Trinajstić information content (AvgIpc) is 2.62. The Labute approximate surface area is 168 Å². The van der Waals surface area contributed by atoms with E-state index in [1.54, 1.807) is 11.0 Å². The van der Waals surface area contributed by atoms with Crippen molar-refractivity contribution in [3.8, 4) is 0 Å². The highest BCUT2D eigenvalue weighted by atomic mass is 16.6. The van der Waals surface area contributed by atoms with Crippen molar-refractivity contribution in [3.63, 3.8) is 0 Å². The lowest BCUT2D eigenvalue weighted by molar-refractivity contribution is -0.134. The molecular weight excluding hydrogens is 356 g/mol. The highest BCUT2D eigenvalue weighted by Crippen LogP contribution is 2.21. The second-order valence-electron chi connectivity index (χ2n) is 8.35. The molecule has 0 bridgehead atoms. The van der Waals surface area contributed by atoms with Crippen LogP contribution in [0.1, 0.15) is 45.7 Å². The van der Waals surface area contributed by atoms with Crippen LogP contribution in [0.25, 0.3) is 6.08 Å². The van der Waals surface area contributed by atoms with Gasteiger partial charge in [0.15, 0.2) is 0 Å². The molecule has 0 saturated carbocycles. The van der Waals surface area contributed by atoms with E-state index in [1.807, 2.05) is 32.9 Å². The summed E-state index contributed by atoms with van der Waals surface area (Å²) < 4.78 is 10.1. The number of carbonyl (C=O) groups is 2. The molecule has 1 amide bonds. The third-order valence-electron chi connectivity index (χ3n) is 4.71. The molecule has 1 aliphatic rings. The first-order chi connectivity index (χ1) is 13.1. The van der Waals surface area contributed by atoms with E-state index in [2.05, 4.69) is 35.6 Å². The number of ether oxygens (including phenoxy) is 2. The molecule has 1 aliphatic heterocycles. The lowest BCUT2D eigenvalue weighted by Gasteiger charge is -2.44. The summed E-state index contributed by atoms with van der Waals surface area (Å²) in [6.07, 6.45) is 2.91. The van der Waals surface area contributed by atoms with Crippen molar-refractivity contribution in [2.24, 2.45) is 0 Å². The van der Waals surface area contributed by atoms with E-state index in [1.165, 1.54) is 18.7 Å². The standard InChI is InChI=1S/C22H32N2O4/c1-16-13-23(21(26)28-22(3,4)5)14-17(2)24(16)15-19-9-7-18(8-10-19)11-12-20(25)27-6/h7-12,16-17H,13-15H2,1-6H3/t16-,17+. The molecule has 0 unspecified atom stereocenters. The second-order valence-corrected chi connectivity index (χ2v) is 8.35. The average molecular weight is 389 g/mol. The van der Waals surface area contributed by atoms with Crippen LogP contribution in [0, 0.1) is 0 Å². The van der Waals surface area contributed by atoms with E-state index in [0.717, 1.165) is 12.1 Å². The molecule has 2 rings (SSSR count). The molecule has 0 radical (unpaired) electrons. The number of nitrogens with zero attached hydrogens (tertiary/aromatic N) is 2. The number of carbonyl (C=O) groups excluding carboxylic acids is 2. The topological polar surface area (TPSA) is 59.1 Å². The van der Waals surface area contributed by atoms with Crippen molar-refractivity contribution < 1.29 is 19.1 Å². The zero-order valence-electron chi connectivity index (χ0n) is 17.8. The van der Waals surface area contributed by atoms with Crippen molar-refractivity contribution in [2.45, 2.75) is 58.8 Å². The van der Waals surface area contributed by atoms with Gasteiger partial charge in [0, 0.05) is 37.8 Å². The van der Waals surface area contributed by atoms with Crippen LogP contribution >= 0.6 is 0 Å². The van der Waals surface area contributed by atoms with Crippen LogP contribution in [0.3, 0.4) is 0 Å². The second kappa shape index (κ2) is 9.24. The Kier molecular flexibility index (Phi) is 7.24. The molecule has 28 heavy (non-hydrogen) atoms. The van der Waals surface area contributed by atoms with Gasteiger partial charge in [-0.3, -0.25) is 4.90 Å². The highest BCUT2D eigenvalue weighted by Gasteiger charge is 2.33. The smallest absolute Gasteiger partial charge is 0.410 e. The first-order valence-electron chi connectivity index (χ1n) is 9.67. The fourth-order valence-electron chi connectivity index (χ4n) is 3.32. The molecule has 1 fully saturated rings. The van der Waals surface area contributed by atoms with E-state index in [9.17, 15) is 9.59 Å². The van der Waals surface area contributed by atoms with Gasteiger partial charge in [-0.25, -0.2) is 9.59 Å². The maximum absolute atomic E-state index is 12.4. The van der Waals surface area contributed by atoms with Crippen molar-refractivity contribution in [2.75, 3.05) is 20.2 Å². The minimum absolute atomic E-state index is 0.232. The maximum Gasteiger partial charge on any atom is 0.410 e. The van der Waals surface area contributed by atoms with Gasteiger partial charge in [0.2, 0.25) is 0 Å². The van der Waals surface area contributed by atoms with Gasteiger partial charge in [0.25, 0.3) is 0 Å². The van der Waals surface area contributed by atoms with Crippen LogP contribution in [0.5, 0.6) is 0 Å². The largest absolute Gasteiger partial charge is 0.466 e. The number of esters is 1. The Morgan fingerprint density at radius 2 is 1.68 bits per heavy atom. The quantitative estimate of drug-likeness (QED) is 0.581. The summed E-state index contributed by atoms with van der Waals surface area (Å²) in [6, 6.07) is 8.57. The predicted octanol–water partition coefficient (Wildman–Crippen LogP) is 3.70. The normalized spacial score (nSPS) is 21.0. The minimum Gasteiger partial charge on any atom is -0.466 e. The summed E-state index contributed by atoms with van der Waals surface area (Å²) in [6.45, 7) is 12.1. The molecule has 0 aromatic heterocycles. The van der Waals surface area contributed by atoms with E-state index in [-0.39, 0.29) is 24.1 Å². The summed E-state index contributed by atoms with van der Waals surface area (Å²) in [5, 5.41) is 0. The number of piperazine rings is 1. The maximum atomic E-state index is 12.4.